The lowest BCUT2D eigenvalue weighted by atomic mass is 10.3. The molecule has 4 nitrogen and oxygen atoms in total. The second-order valence-electron chi connectivity index (χ2n) is 3.95. The third-order valence-corrected chi connectivity index (χ3v) is 3.06. The van der Waals surface area contributed by atoms with Crippen LogP contribution in [0.5, 0.6) is 0 Å². The van der Waals surface area contributed by atoms with Gasteiger partial charge in [-0.3, -0.25) is 0 Å². The molecule has 5 heteroatoms. The van der Waals surface area contributed by atoms with E-state index in [1.165, 1.54) is 12.8 Å². The van der Waals surface area contributed by atoms with Gasteiger partial charge in [-0.05, 0) is 12.5 Å². The van der Waals surface area contributed by atoms with Gasteiger partial charge in [-0.2, -0.15) is 5.10 Å². The summed E-state index contributed by atoms with van der Waals surface area (Å²) in [6.45, 7) is 4.25. The Morgan fingerprint density at radius 3 is 3.00 bits per heavy atom. The molecule has 0 N–H and O–H groups in total. The smallest absolute Gasteiger partial charge is 0.157 e. The Morgan fingerprint density at radius 1 is 1.35 bits per heavy atom. The number of halogens is 1. The SMILES string of the molecule is CCCCN(CCBr)c1ccn2nccc2n1. The van der Waals surface area contributed by atoms with Crippen LogP contribution in [0.25, 0.3) is 5.65 Å². The molecule has 17 heavy (non-hydrogen) atoms. The highest BCUT2D eigenvalue weighted by atomic mass is 79.9. The van der Waals surface area contributed by atoms with E-state index in [9.17, 15) is 0 Å². The van der Waals surface area contributed by atoms with Gasteiger partial charge in [0.1, 0.15) is 5.82 Å². The summed E-state index contributed by atoms with van der Waals surface area (Å²) in [5, 5.41) is 5.11. The largest absolute Gasteiger partial charge is 0.356 e. The third kappa shape index (κ3) is 2.97. The Balaban J connectivity index is 2.20. The molecule has 2 aromatic heterocycles. The average molecular weight is 297 g/mol. The lowest BCUT2D eigenvalue weighted by Gasteiger charge is -2.22. The first-order chi connectivity index (χ1) is 8.35. The number of nitrogens with zero attached hydrogens (tertiary/aromatic N) is 4. The molecule has 0 radical (unpaired) electrons. The lowest BCUT2D eigenvalue weighted by Crippen LogP contribution is -2.27. The van der Waals surface area contributed by atoms with Crippen LogP contribution >= 0.6 is 15.9 Å². The van der Waals surface area contributed by atoms with Crippen molar-refractivity contribution in [2.75, 3.05) is 23.3 Å². The Morgan fingerprint density at radius 2 is 2.24 bits per heavy atom. The first-order valence-electron chi connectivity index (χ1n) is 5.96. The predicted octanol–water partition coefficient (Wildman–Crippen LogP) is 2.73. The second kappa shape index (κ2) is 6.00. The second-order valence-corrected chi connectivity index (χ2v) is 4.74. The van der Waals surface area contributed by atoms with Crippen LogP contribution in [0.3, 0.4) is 0 Å². The Labute approximate surface area is 110 Å². The number of alkyl halides is 1. The highest BCUT2D eigenvalue weighted by Crippen LogP contribution is 2.13. The number of aromatic nitrogens is 3. The Bertz CT molecular complexity index is 468. The lowest BCUT2D eigenvalue weighted by molar-refractivity contribution is 0.726. The summed E-state index contributed by atoms with van der Waals surface area (Å²) in [6.07, 6.45) is 6.13. The molecule has 0 aliphatic rings. The topological polar surface area (TPSA) is 33.4 Å². The van der Waals surface area contributed by atoms with E-state index in [1.54, 1.807) is 10.7 Å². The van der Waals surface area contributed by atoms with Crippen LogP contribution in [-0.4, -0.2) is 33.0 Å². The zero-order valence-electron chi connectivity index (χ0n) is 10.0. The molecule has 92 valence electrons. The summed E-state index contributed by atoms with van der Waals surface area (Å²) in [5.41, 5.74) is 0.901. The first kappa shape index (κ1) is 12.4. The van der Waals surface area contributed by atoms with Gasteiger partial charge in [0, 0.05) is 30.7 Å². The van der Waals surface area contributed by atoms with Crippen LogP contribution in [-0.2, 0) is 0 Å². The summed E-state index contributed by atoms with van der Waals surface area (Å²) in [6, 6.07) is 3.95. The fraction of sp³-hybridized carbons (Fsp3) is 0.500. The predicted molar refractivity (Wildman–Crippen MR) is 73.9 cm³/mol. The van der Waals surface area contributed by atoms with Gasteiger partial charge in [0.05, 0.1) is 6.20 Å². The molecule has 0 atom stereocenters. The van der Waals surface area contributed by atoms with Crippen molar-refractivity contribution in [3.05, 3.63) is 24.5 Å². The van der Waals surface area contributed by atoms with E-state index < -0.39 is 0 Å². The molecule has 2 aromatic rings. The molecule has 0 aromatic carbocycles. The summed E-state index contributed by atoms with van der Waals surface area (Å²) in [4.78, 5) is 6.92. The molecule has 0 spiro atoms. The van der Waals surface area contributed by atoms with Crippen molar-refractivity contribution in [2.45, 2.75) is 19.8 Å². The normalized spacial score (nSPS) is 10.9. The standard InChI is InChI=1S/C12H17BrN4/c1-2-3-8-16(10-6-13)11-5-9-17-12(15-11)4-7-14-17/h4-5,7,9H,2-3,6,8,10H2,1H3. The van der Waals surface area contributed by atoms with Gasteiger partial charge in [0.2, 0.25) is 0 Å². The molecular formula is C12H17BrN4. The van der Waals surface area contributed by atoms with Gasteiger partial charge in [0.25, 0.3) is 0 Å². The number of fused-ring (bicyclic) bond motifs is 1. The van der Waals surface area contributed by atoms with Gasteiger partial charge in [-0.25, -0.2) is 9.50 Å². The van der Waals surface area contributed by atoms with Crippen LogP contribution < -0.4 is 4.90 Å². The average Bonchev–Trinajstić information content (AvgIpc) is 2.81. The summed E-state index contributed by atoms with van der Waals surface area (Å²) >= 11 is 3.49. The quantitative estimate of drug-likeness (QED) is 0.769. The molecule has 0 bridgehead atoms. The molecule has 0 saturated heterocycles. The number of anilines is 1. The molecule has 2 rings (SSSR count). The minimum Gasteiger partial charge on any atom is -0.356 e. The van der Waals surface area contributed by atoms with E-state index in [-0.39, 0.29) is 0 Å². The van der Waals surface area contributed by atoms with Crippen LogP contribution in [0.4, 0.5) is 5.82 Å². The van der Waals surface area contributed by atoms with Crippen LogP contribution in [0.15, 0.2) is 24.5 Å². The van der Waals surface area contributed by atoms with Crippen LogP contribution in [0.1, 0.15) is 19.8 Å². The highest BCUT2D eigenvalue weighted by molar-refractivity contribution is 9.09. The van der Waals surface area contributed by atoms with Crippen LogP contribution in [0, 0.1) is 0 Å². The van der Waals surface area contributed by atoms with Crippen LogP contribution in [0.2, 0.25) is 0 Å². The van der Waals surface area contributed by atoms with Gasteiger partial charge >= 0.3 is 0 Å². The summed E-state index contributed by atoms with van der Waals surface area (Å²) in [5.74, 6) is 1.03. The minimum absolute atomic E-state index is 0.901. The number of unbranched alkanes of at least 4 members (excludes halogenated alkanes) is 1. The van der Waals surface area contributed by atoms with E-state index in [0.29, 0.717) is 0 Å². The fourth-order valence-corrected chi connectivity index (χ4v) is 2.20. The molecule has 0 unspecified atom stereocenters. The van der Waals surface area contributed by atoms with Gasteiger partial charge < -0.3 is 4.90 Å². The molecular weight excluding hydrogens is 280 g/mol. The Hall–Kier alpha value is -1.10. The number of rotatable bonds is 6. The Kier molecular flexibility index (Phi) is 4.36. The maximum atomic E-state index is 4.61. The molecule has 0 aliphatic carbocycles. The molecule has 0 saturated carbocycles. The van der Waals surface area contributed by atoms with Crippen molar-refractivity contribution in [3.8, 4) is 0 Å². The zero-order chi connectivity index (χ0) is 12.1. The summed E-state index contributed by atoms with van der Waals surface area (Å²) in [7, 11) is 0. The minimum atomic E-state index is 0.901. The first-order valence-corrected chi connectivity index (χ1v) is 7.08. The third-order valence-electron chi connectivity index (χ3n) is 2.70. The van der Waals surface area contributed by atoms with Gasteiger partial charge in [-0.15, -0.1) is 0 Å². The molecule has 2 heterocycles. The van der Waals surface area contributed by atoms with Crippen molar-refractivity contribution >= 4 is 27.4 Å². The van der Waals surface area contributed by atoms with E-state index >= 15 is 0 Å². The van der Waals surface area contributed by atoms with E-state index in [0.717, 1.165) is 29.9 Å². The zero-order valence-corrected chi connectivity index (χ0v) is 11.6. The van der Waals surface area contributed by atoms with Crippen molar-refractivity contribution in [1.82, 2.24) is 14.6 Å². The number of hydrogen-bond donors (Lipinski definition) is 0. The highest BCUT2D eigenvalue weighted by Gasteiger charge is 2.07. The monoisotopic (exact) mass is 296 g/mol. The molecule has 0 amide bonds. The molecule has 0 fully saturated rings. The fourth-order valence-electron chi connectivity index (χ4n) is 1.77. The number of hydrogen-bond acceptors (Lipinski definition) is 3. The van der Waals surface area contributed by atoms with Crippen molar-refractivity contribution in [3.63, 3.8) is 0 Å². The van der Waals surface area contributed by atoms with Gasteiger partial charge in [-0.1, -0.05) is 29.3 Å². The van der Waals surface area contributed by atoms with E-state index in [1.807, 2.05) is 18.3 Å². The van der Waals surface area contributed by atoms with Crippen molar-refractivity contribution in [2.24, 2.45) is 0 Å². The van der Waals surface area contributed by atoms with E-state index in [2.05, 4.69) is 37.8 Å². The van der Waals surface area contributed by atoms with Crippen molar-refractivity contribution in [1.29, 1.82) is 0 Å². The molecule has 0 aliphatic heterocycles. The maximum Gasteiger partial charge on any atom is 0.157 e. The van der Waals surface area contributed by atoms with Gasteiger partial charge in [0.15, 0.2) is 5.65 Å². The van der Waals surface area contributed by atoms with E-state index in [4.69, 9.17) is 0 Å². The maximum absolute atomic E-state index is 4.61. The van der Waals surface area contributed by atoms with Crippen molar-refractivity contribution < 1.29 is 0 Å². The summed E-state index contributed by atoms with van der Waals surface area (Å²) < 4.78 is 1.79.